The van der Waals surface area contributed by atoms with Gasteiger partial charge in [-0.1, -0.05) is 28.9 Å². The number of H-pyrrole nitrogens is 1. The van der Waals surface area contributed by atoms with Gasteiger partial charge in [-0.2, -0.15) is 5.21 Å². The lowest BCUT2D eigenvalue weighted by Gasteiger charge is -2.03. The third-order valence-corrected chi connectivity index (χ3v) is 2.36. The van der Waals surface area contributed by atoms with Crippen molar-refractivity contribution >= 4 is 17.5 Å². The molecule has 0 saturated carbocycles. The Bertz CT molecular complexity index is 482. The SMILES string of the molecule is O=C(Cc1nn[nH]n1)NCc1ccc(Cl)cc1. The molecule has 88 valence electrons. The van der Waals surface area contributed by atoms with E-state index in [1.165, 1.54) is 0 Å². The molecule has 0 aliphatic rings. The number of tetrazole rings is 1. The average molecular weight is 252 g/mol. The number of aromatic amines is 1. The van der Waals surface area contributed by atoms with Crippen molar-refractivity contribution in [3.63, 3.8) is 0 Å². The topological polar surface area (TPSA) is 83.6 Å². The maximum Gasteiger partial charge on any atom is 0.228 e. The first-order chi connectivity index (χ1) is 8.24. The number of aromatic nitrogens is 4. The van der Waals surface area contributed by atoms with Crippen LogP contribution in [0, 0.1) is 0 Å². The number of hydrogen-bond acceptors (Lipinski definition) is 4. The van der Waals surface area contributed by atoms with E-state index < -0.39 is 0 Å². The van der Waals surface area contributed by atoms with Crippen LogP contribution in [0.5, 0.6) is 0 Å². The Morgan fingerprint density at radius 2 is 2.12 bits per heavy atom. The Hall–Kier alpha value is -1.95. The van der Waals surface area contributed by atoms with Crippen LogP contribution < -0.4 is 5.32 Å². The van der Waals surface area contributed by atoms with E-state index >= 15 is 0 Å². The molecule has 0 bridgehead atoms. The van der Waals surface area contributed by atoms with Gasteiger partial charge in [0, 0.05) is 11.6 Å². The molecular weight excluding hydrogens is 242 g/mol. The standard InChI is InChI=1S/C10H10ClN5O/c11-8-3-1-7(2-4-8)6-12-10(17)5-9-13-15-16-14-9/h1-4H,5-6H2,(H,12,17)(H,13,14,15,16). The summed E-state index contributed by atoms with van der Waals surface area (Å²) in [5, 5.41) is 16.5. The quantitative estimate of drug-likeness (QED) is 0.838. The third-order valence-electron chi connectivity index (χ3n) is 2.11. The number of amides is 1. The molecular formula is C10H10ClN5O. The molecule has 0 radical (unpaired) electrons. The van der Waals surface area contributed by atoms with Crippen molar-refractivity contribution in [2.75, 3.05) is 0 Å². The predicted molar refractivity (Wildman–Crippen MR) is 61.2 cm³/mol. The van der Waals surface area contributed by atoms with Crippen LogP contribution >= 0.6 is 11.6 Å². The second-order valence-corrected chi connectivity index (χ2v) is 3.84. The van der Waals surface area contributed by atoms with Crippen LogP contribution in [-0.2, 0) is 17.8 Å². The molecule has 1 heterocycles. The van der Waals surface area contributed by atoms with Crippen molar-refractivity contribution in [2.24, 2.45) is 0 Å². The van der Waals surface area contributed by atoms with Gasteiger partial charge >= 0.3 is 0 Å². The number of carbonyl (C=O) groups is 1. The van der Waals surface area contributed by atoms with Crippen LogP contribution in [0.2, 0.25) is 5.02 Å². The van der Waals surface area contributed by atoms with Crippen LogP contribution in [0.25, 0.3) is 0 Å². The summed E-state index contributed by atoms with van der Waals surface area (Å²) < 4.78 is 0. The molecule has 0 aliphatic heterocycles. The molecule has 17 heavy (non-hydrogen) atoms. The number of rotatable bonds is 4. The van der Waals surface area contributed by atoms with Crippen LogP contribution in [0.1, 0.15) is 11.4 Å². The molecule has 0 atom stereocenters. The van der Waals surface area contributed by atoms with Crippen LogP contribution in [0.15, 0.2) is 24.3 Å². The largest absolute Gasteiger partial charge is 0.352 e. The maximum atomic E-state index is 11.5. The summed E-state index contributed by atoms with van der Waals surface area (Å²) in [4.78, 5) is 11.5. The van der Waals surface area contributed by atoms with Gasteiger partial charge in [-0.15, -0.1) is 10.2 Å². The number of hydrogen-bond donors (Lipinski definition) is 2. The Morgan fingerprint density at radius 3 is 2.76 bits per heavy atom. The maximum absolute atomic E-state index is 11.5. The Labute approximate surface area is 102 Å². The van der Waals surface area contributed by atoms with E-state index in [-0.39, 0.29) is 12.3 Å². The van der Waals surface area contributed by atoms with Crippen LogP contribution in [0.4, 0.5) is 0 Å². The van der Waals surface area contributed by atoms with E-state index in [4.69, 9.17) is 11.6 Å². The zero-order chi connectivity index (χ0) is 12.1. The van der Waals surface area contributed by atoms with Gasteiger partial charge in [0.2, 0.25) is 5.91 Å². The summed E-state index contributed by atoms with van der Waals surface area (Å²) in [7, 11) is 0. The molecule has 2 aromatic rings. The second kappa shape index (κ2) is 5.40. The van der Waals surface area contributed by atoms with Crippen molar-refractivity contribution in [3.05, 3.63) is 40.7 Å². The van der Waals surface area contributed by atoms with E-state index in [2.05, 4.69) is 25.9 Å². The van der Waals surface area contributed by atoms with Gasteiger partial charge in [-0.3, -0.25) is 4.79 Å². The second-order valence-electron chi connectivity index (χ2n) is 3.41. The van der Waals surface area contributed by atoms with Gasteiger partial charge in [0.1, 0.15) is 0 Å². The Kier molecular flexibility index (Phi) is 3.66. The van der Waals surface area contributed by atoms with Crippen molar-refractivity contribution in [1.82, 2.24) is 25.9 Å². The number of halogens is 1. The first kappa shape index (κ1) is 11.5. The summed E-state index contributed by atoms with van der Waals surface area (Å²) in [6.07, 6.45) is 0.115. The van der Waals surface area contributed by atoms with Crippen LogP contribution in [0.3, 0.4) is 0 Å². The van der Waals surface area contributed by atoms with Gasteiger partial charge in [-0.25, -0.2) is 0 Å². The fourth-order valence-electron chi connectivity index (χ4n) is 1.27. The summed E-state index contributed by atoms with van der Waals surface area (Å²) in [6, 6.07) is 7.28. The predicted octanol–water partition coefficient (Wildman–Crippen LogP) is 0.712. The van der Waals surface area contributed by atoms with Crippen molar-refractivity contribution in [3.8, 4) is 0 Å². The van der Waals surface area contributed by atoms with Gasteiger partial charge in [0.15, 0.2) is 5.82 Å². The first-order valence-corrected chi connectivity index (χ1v) is 5.35. The van der Waals surface area contributed by atoms with Crippen molar-refractivity contribution in [1.29, 1.82) is 0 Å². The molecule has 0 unspecified atom stereocenters. The smallest absolute Gasteiger partial charge is 0.228 e. The lowest BCUT2D eigenvalue weighted by atomic mass is 10.2. The highest BCUT2D eigenvalue weighted by Crippen LogP contribution is 2.09. The number of benzene rings is 1. The van der Waals surface area contributed by atoms with Gasteiger partial charge in [0.05, 0.1) is 6.42 Å². The molecule has 7 heteroatoms. The van der Waals surface area contributed by atoms with Gasteiger partial charge in [0.25, 0.3) is 0 Å². The van der Waals surface area contributed by atoms with E-state index in [9.17, 15) is 4.79 Å². The average Bonchev–Trinajstić information content (AvgIpc) is 2.81. The molecule has 2 N–H and O–H groups in total. The van der Waals surface area contributed by atoms with E-state index in [0.717, 1.165) is 5.56 Å². The van der Waals surface area contributed by atoms with Gasteiger partial charge in [-0.05, 0) is 17.7 Å². The highest BCUT2D eigenvalue weighted by atomic mass is 35.5. The van der Waals surface area contributed by atoms with Crippen molar-refractivity contribution < 1.29 is 4.79 Å². The van der Waals surface area contributed by atoms with Crippen molar-refractivity contribution in [2.45, 2.75) is 13.0 Å². The van der Waals surface area contributed by atoms with E-state index in [1.807, 2.05) is 12.1 Å². The lowest BCUT2D eigenvalue weighted by molar-refractivity contribution is -0.120. The minimum absolute atomic E-state index is 0.115. The molecule has 2 rings (SSSR count). The Morgan fingerprint density at radius 1 is 1.35 bits per heavy atom. The normalized spacial score (nSPS) is 10.2. The fraction of sp³-hybridized carbons (Fsp3) is 0.200. The summed E-state index contributed by atoms with van der Waals surface area (Å²) in [6.45, 7) is 0.452. The molecule has 0 saturated heterocycles. The van der Waals surface area contributed by atoms with Crippen LogP contribution in [-0.4, -0.2) is 26.5 Å². The summed E-state index contributed by atoms with van der Waals surface area (Å²) in [5.41, 5.74) is 0.982. The van der Waals surface area contributed by atoms with Gasteiger partial charge < -0.3 is 5.32 Å². The number of nitrogens with zero attached hydrogens (tertiary/aromatic N) is 3. The highest BCUT2D eigenvalue weighted by Gasteiger charge is 2.06. The minimum atomic E-state index is -0.152. The third kappa shape index (κ3) is 3.53. The lowest BCUT2D eigenvalue weighted by Crippen LogP contribution is -2.25. The molecule has 0 fully saturated rings. The first-order valence-electron chi connectivity index (χ1n) is 4.97. The monoisotopic (exact) mass is 251 g/mol. The molecule has 1 aromatic heterocycles. The fourth-order valence-corrected chi connectivity index (χ4v) is 1.39. The zero-order valence-electron chi connectivity index (χ0n) is 8.85. The summed E-state index contributed by atoms with van der Waals surface area (Å²) >= 11 is 5.75. The molecule has 1 amide bonds. The van der Waals surface area contributed by atoms with E-state index in [0.29, 0.717) is 17.4 Å². The molecule has 0 aliphatic carbocycles. The minimum Gasteiger partial charge on any atom is -0.352 e. The zero-order valence-corrected chi connectivity index (χ0v) is 9.61. The molecule has 6 nitrogen and oxygen atoms in total. The molecule has 0 spiro atoms. The highest BCUT2D eigenvalue weighted by molar-refractivity contribution is 6.30. The Balaban J connectivity index is 1.82. The molecule has 1 aromatic carbocycles. The number of carbonyl (C=O) groups excluding carboxylic acids is 1. The number of nitrogens with one attached hydrogen (secondary N) is 2. The van der Waals surface area contributed by atoms with E-state index in [1.54, 1.807) is 12.1 Å². The summed E-state index contributed by atoms with van der Waals surface area (Å²) in [5.74, 6) is 0.222.